The predicted molar refractivity (Wildman–Crippen MR) is 131 cm³/mol. The van der Waals surface area contributed by atoms with Gasteiger partial charge in [0.05, 0.1) is 0 Å². The molecule has 4 aliphatic carbocycles. The van der Waals surface area contributed by atoms with Gasteiger partial charge in [-0.25, -0.2) is 0 Å². The first-order valence-corrected chi connectivity index (χ1v) is 13.3. The van der Waals surface area contributed by atoms with Crippen LogP contribution in [0.15, 0.2) is 23.3 Å². The Morgan fingerprint density at radius 3 is 1.37 bits per heavy atom. The van der Waals surface area contributed by atoms with Crippen molar-refractivity contribution in [3.05, 3.63) is 23.3 Å². The molecule has 0 heteroatoms. The van der Waals surface area contributed by atoms with E-state index in [-0.39, 0.29) is 0 Å². The van der Waals surface area contributed by atoms with Crippen LogP contribution in [0.25, 0.3) is 0 Å². The van der Waals surface area contributed by atoms with Crippen molar-refractivity contribution >= 4 is 0 Å². The van der Waals surface area contributed by atoms with Crippen LogP contribution in [0, 0.1) is 45.3 Å². The summed E-state index contributed by atoms with van der Waals surface area (Å²) in [6, 6.07) is 0. The average Bonchev–Trinajstić information content (AvgIpc) is 2.61. The van der Waals surface area contributed by atoms with Crippen LogP contribution < -0.4 is 0 Å². The summed E-state index contributed by atoms with van der Waals surface area (Å²) in [5, 5.41) is 0. The summed E-state index contributed by atoms with van der Waals surface area (Å²) in [7, 11) is 0. The molecule has 0 radical (unpaired) electrons. The van der Waals surface area contributed by atoms with E-state index in [0.29, 0.717) is 21.7 Å². The highest BCUT2D eigenvalue weighted by Gasteiger charge is 2.54. The molecule has 0 N–H and O–H groups in total. The highest BCUT2D eigenvalue weighted by Crippen LogP contribution is 2.63. The van der Waals surface area contributed by atoms with E-state index in [1.807, 2.05) is 0 Å². The second-order valence-corrected chi connectivity index (χ2v) is 13.9. The first-order chi connectivity index (χ1) is 13.9. The van der Waals surface area contributed by atoms with E-state index >= 15 is 0 Å². The van der Waals surface area contributed by atoms with Crippen LogP contribution in [-0.2, 0) is 0 Å². The summed E-state index contributed by atoms with van der Waals surface area (Å²) in [4.78, 5) is 0. The summed E-state index contributed by atoms with van der Waals surface area (Å²) in [6.45, 7) is 20.5. The van der Waals surface area contributed by atoms with Crippen molar-refractivity contribution in [2.45, 2.75) is 120 Å². The Hall–Kier alpha value is -0.520. The fraction of sp³-hybridized carbons (Fsp3) is 0.867. The largest absolute Gasteiger partial charge is 0.0850 e. The van der Waals surface area contributed by atoms with Gasteiger partial charge in [0, 0.05) is 0 Å². The first kappa shape index (κ1) is 22.7. The van der Waals surface area contributed by atoms with Gasteiger partial charge in [0.15, 0.2) is 0 Å². The number of allylic oxidation sites excluding steroid dienone is 4. The van der Waals surface area contributed by atoms with Crippen molar-refractivity contribution in [1.29, 1.82) is 0 Å². The van der Waals surface area contributed by atoms with Gasteiger partial charge in [0.2, 0.25) is 0 Å². The van der Waals surface area contributed by atoms with Crippen LogP contribution in [0.5, 0.6) is 0 Å². The Kier molecular flexibility index (Phi) is 5.68. The third-order valence-corrected chi connectivity index (χ3v) is 11.3. The second-order valence-electron chi connectivity index (χ2n) is 13.9. The molecule has 0 spiro atoms. The smallest absolute Gasteiger partial charge is 0.0149 e. The van der Waals surface area contributed by atoms with Gasteiger partial charge in [0.25, 0.3) is 0 Å². The molecule has 0 heterocycles. The Balaban J connectivity index is 1.58. The SMILES string of the molecule is CC1=CCC2C(C)(C)CCCC2(C)C1CCC1C(C)=CCC2C(C)(C)CCCC12C. The molecule has 4 rings (SSSR count). The first-order valence-electron chi connectivity index (χ1n) is 13.3. The third-order valence-electron chi connectivity index (χ3n) is 11.3. The summed E-state index contributed by atoms with van der Waals surface area (Å²) in [5.41, 5.74) is 5.48. The molecule has 0 aromatic rings. The van der Waals surface area contributed by atoms with Gasteiger partial charge in [0.1, 0.15) is 0 Å². The van der Waals surface area contributed by atoms with E-state index in [4.69, 9.17) is 0 Å². The van der Waals surface area contributed by atoms with Crippen LogP contribution in [0.2, 0.25) is 0 Å². The molecule has 0 aliphatic heterocycles. The molecule has 0 nitrogen and oxygen atoms in total. The van der Waals surface area contributed by atoms with E-state index in [1.165, 1.54) is 64.2 Å². The van der Waals surface area contributed by atoms with Gasteiger partial charge in [-0.3, -0.25) is 0 Å². The molecule has 0 saturated heterocycles. The lowest BCUT2D eigenvalue weighted by Gasteiger charge is -2.59. The quantitative estimate of drug-likeness (QED) is 0.406. The second kappa shape index (κ2) is 7.52. The summed E-state index contributed by atoms with van der Waals surface area (Å²) < 4.78 is 0. The van der Waals surface area contributed by atoms with E-state index in [2.05, 4.69) is 67.5 Å². The fourth-order valence-electron chi connectivity index (χ4n) is 9.72. The van der Waals surface area contributed by atoms with E-state index in [1.54, 1.807) is 11.1 Å². The summed E-state index contributed by atoms with van der Waals surface area (Å²) >= 11 is 0. The molecule has 0 amide bonds. The lowest BCUT2D eigenvalue weighted by molar-refractivity contribution is -0.0554. The average molecular weight is 411 g/mol. The zero-order valence-electron chi connectivity index (χ0n) is 21.5. The maximum absolute atomic E-state index is 2.68. The Morgan fingerprint density at radius 1 is 0.633 bits per heavy atom. The van der Waals surface area contributed by atoms with E-state index in [9.17, 15) is 0 Å². The molecule has 6 atom stereocenters. The van der Waals surface area contributed by atoms with Crippen LogP contribution in [0.4, 0.5) is 0 Å². The normalized spacial score (nSPS) is 45.1. The standard InChI is InChI=1S/C30H50/c1-21-11-15-25-27(3,4)17-9-19-29(25,7)23(21)13-14-24-22(2)12-16-26-28(5,6)18-10-20-30(24,26)8/h11-12,23-26H,9-10,13-20H2,1-8H3. The molecule has 170 valence electrons. The van der Waals surface area contributed by atoms with Gasteiger partial charge in [-0.15, -0.1) is 0 Å². The van der Waals surface area contributed by atoms with Gasteiger partial charge < -0.3 is 0 Å². The molecule has 2 fully saturated rings. The highest BCUT2D eigenvalue weighted by atomic mass is 14.6. The minimum absolute atomic E-state index is 0.508. The monoisotopic (exact) mass is 410 g/mol. The van der Waals surface area contributed by atoms with Crippen LogP contribution in [-0.4, -0.2) is 0 Å². The van der Waals surface area contributed by atoms with Crippen LogP contribution in [0.1, 0.15) is 120 Å². The molecule has 0 aromatic heterocycles. The lowest BCUT2D eigenvalue weighted by Crippen LogP contribution is -2.50. The molecule has 6 unspecified atom stereocenters. The number of rotatable bonds is 3. The Morgan fingerprint density at radius 2 is 1.00 bits per heavy atom. The van der Waals surface area contributed by atoms with Crippen molar-refractivity contribution in [3.63, 3.8) is 0 Å². The topological polar surface area (TPSA) is 0 Å². The van der Waals surface area contributed by atoms with E-state index in [0.717, 1.165) is 23.7 Å². The maximum atomic E-state index is 2.68. The Bertz CT molecular complexity index is 656. The molecular formula is C30H50. The van der Waals surface area contributed by atoms with Gasteiger partial charge in [-0.05, 0) is 111 Å². The zero-order valence-corrected chi connectivity index (χ0v) is 21.5. The van der Waals surface area contributed by atoms with Crippen molar-refractivity contribution in [2.24, 2.45) is 45.3 Å². The summed E-state index contributed by atoms with van der Waals surface area (Å²) in [6.07, 6.45) is 19.3. The molecule has 0 aromatic carbocycles. The predicted octanol–water partition coefficient (Wildman–Crippen LogP) is 9.36. The van der Waals surface area contributed by atoms with Crippen molar-refractivity contribution in [3.8, 4) is 0 Å². The zero-order chi connectivity index (χ0) is 21.9. The molecule has 0 bridgehead atoms. The van der Waals surface area contributed by atoms with Gasteiger partial charge in [-0.1, -0.05) is 77.7 Å². The number of fused-ring (bicyclic) bond motifs is 2. The lowest BCUT2D eigenvalue weighted by atomic mass is 9.46. The Labute approximate surface area is 188 Å². The van der Waals surface area contributed by atoms with Gasteiger partial charge >= 0.3 is 0 Å². The van der Waals surface area contributed by atoms with Crippen molar-refractivity contribution in [1.82, 2.24) is 0 Å². The van der Waals surface area contributed by atoms with Crippen LogP contribution in [0.3, 0.4) is 0 Å². The number of hydrogen-bond acceptors (Lipinski definition) is 0. The fourth-order valence-corrected chi connectivity index (χ4v) is 9.72. The molecular weight excluding hydrogens is 360 g/mol. The van der Waals surface area contributed by atoms with Gasteiger partial charge in [-0.2, -0.15) is 0 Å². The molecule has 30 heavy (non-hydrogen) atoms. The molecule has 4 aliphatic rings. The third kappa shape index (κ3) is 3.47. The number of hydrogen-bond donors (Lipinski definition) is 0. The minimum Gasteiger partial charge on any atom is -0.0850 e. The minimum atomic E-state index is 0.508. The summed E-state index contributed by atoms with van der Waals surface area (Å²) in [5.74, 6) is 3.33. The molecule has 2 saturated carbocycles. The van der Waals surface area contributed by atoms with Crippen molar-refractivity contribution < 1.29 is 0 Å². The van der Waals surface area contributed by atoms with Crippen molar-refractivity contribution in [2.75, 3.05) is 0 Å². The maximum Gasteiger partial charge on any atom is -0.0149 e. The van der Waals surface area contributed by atoms with E-state index < -0.39 is 0 Å². The van der Waals surface area contributed by atoms with Crippen LogP contribution >= 0.6 is 0 Å². The highest BCUT2D eigenvalue weighted by molar-refractivity contribution is 5.21.